The Bertz CT molecular complexity index is 885. The quantitative estimate of drug-likeness (QED) is 0.714. The number of H-pyrrole nitrogens is 1. The minimum atomic E-state index is -0.748. The zero-order chi connectivity index (χ0) is 17.1. The highest BCUT2D eigenvalue weighted by Gasteiger charge is 2.17. The minimum Gasteiger partial charge on any atom is -0.434 e. The molecule has 2 aromatic heterocycles. The first kappa shape index (κ1) is 16.3. The standard InChI is InChI=1S/C18H20N2O4/c1-4-22-10-12-7-6-8-13-16(12)15-11(3)17(19-9-14(15)20-13)24-18(21)23-5-2/h6-9,20H,4-5,10H2,1-3H3. The summed E-state index contributed by atoms with van der Waals surface area (Å²) in [5.41, 5.74) is 3.76. The van der Waals surface area contributed by atoms with Crippen LogP contribution in [0, 0.1) is 6.92 Å². The molecule has 0 atom stereocenters. The molecule has 0 aliphatic carbocycles. The summed E-state index contributed by atoms with van der Waals surface area (Å²) in [6.07, 6.45) is 0.920. The molecule has 0 radical (unpaired) electrons. The Morgan fingerprint density at radius 2 is 2.00 bits per heavy atom. The van der Waals surface area contributed by atoms with E-state index in [1.807, 2.05) is 32.0 Å². The molecule has 0 saturated carbocycles. The van der Waals surface area contributed by atoms with Crippen molar-refractivity contribution in [2.24, 2.45) is 0 Å². The van der Waals surface area contributed by atoms with Crippen LogP contribution in [0.4, 0.5) is 4.79 Å². The van der Waals surface area contributed by atoms with Crippen molar-refractivity contribution in [2.75, 3.05) is 13.2 Å². The van der Waals surface area contributed by atoms with Gasteiger partial charge in [-0.1, -0.05) is 12.1 Å². The monoisotopic (exact) mass is 328 g/mol. The van der Waals surface area contributed by atoms with Gasteiger partial charge < -0.3 is 19.2 Å². The number of ether oxygens (including phenoxy) is 3. The van der Waals surface area contributed by atoms with Gasteiger partial charge in [0.25, 0.3) is 0 Å². The number of pyridine rings is 1. The fraction of sp³-hybridized carbons (Fsp3) is 0.333. The van der Waals surface area contributed by atoms with Crippen LogP contribution >= 0.6 is 0 Å². The molecule has 6 nitrogen and oxygen atoms in total. The molecule has 0 bridgehead atoms. The second-order valence-electron chi connectivity index (χ2n) is 5.36. The van der Waals surface area contributed by atoms with Gasteiger partial charge in [0.2, 0.25) is 5.88 Å². The summed E-state index contributed by atoms with van der Waals surface area (Å²) >= 11 is 0. The molecule has 0 aliphatic heterocycles. The first-order valence-corrected chi connectivity index (χ1v) is 7.96. The van der Waals surface area contributed by atoms with E-state index in [9.17, 15) is 4.79 Å². The molecule has 2 heterocycles. The fourth-order valence-electron chi connectivity index (χ4n) is 2.82. The molecule has 3 aromatic rings. The zero-order valence-electron chi connectivity index (χ0n) is 14.0. The summed E-state index contributed by atoms with van der Waals surface area (Å²) in [6.45, 7) is 7.01. The lowest BCUT2D eigenvalue weighted by Gasteiger charge is -2.08. The number of aromatic amines is 1. The van der Waals surface area contributed by atoms with Gasteiger partial charge >= 0.3 is 6.16 Å². The Balaban J connectivity index is 2.14. The Hall–Kier alpha value is -2.60. The summed E-state index contributed by atoms with van der Waals surface area (Å²) in [5.74, 6) is 0.257. The molecule has 0 spiro atoms. The maximum absolute atomic E-state index is 11.6. The molecule has 0 unspecified atom stereocenters. The van der Waals surface area contributed by atoms with Crippen molar-refractivity contribution in [1.29, 1.82) is 0 Å². The lowest BCUT2D eigenvalue weighted by atomic mass is 10.0. The molecule has 0 amide bonds. The number of aromatic nitrogens is 2. The van der Waals surface area contributed by atoms with Crippen LogP contribution in [0.15, 0.2) is 24.4 Å². The lowest BCUT2D eigenvalue weighted by molar-refractivity contribution is 0.102. The van der Waals surface area contributed by atoms with Crippen LogP contribution in [0.5, 0.6) is 5.88 Å². The van der Waals surface area contributed by atoms with Crippen LogP contribution in [0.3, 0.4) is 0 Å². The molecule has 6 heteroatoms. The van der Waals surface area contributed by atoms with Crippen molar-refractivity contribution >= 4 is 28.0 Å². The number of benzene rings is 1. The minimum absolute atomic E-state index is 0.256. The predicted octanol–water partition coefficient (Wildman–Crippen LogP) is 4.10. The van der Waals surface area contributed by atoms with E-state index < -0.39 is 6.16 Å². The highest BCUT2D eigenvalue weighted by molar-refractivity contribution is 6.10. The molecular weight excluding hydrogens is 308 g/mol. The summed E-state index contributed by atoms with van der Waals surface area (Å²) in [5, 5.41) is 2.05. The Morgan fingerprint density at radius 1 is 1.17 bits per heavy atom. The highest BCUT2D eigenvalue weighted by Crippen LogP contribution is 2.34. The molecule has 1 aromatic carbocycles. The highest BCUT2D eigenvalue weighted by atomic mass is 16.7. The molecule has 0 saturated heterocycles. The van der Waals surface area contributed by atoms with Gasteiger partial charge in [-0.3, -0.25) is 0 Å². The number of nitrogens with zero attached hydrogens (tertiary/aromatic N) is 1. The van der Waals surface area contributed by atoms with Gasteiger partial charge in [0.1, 0.15) is 0 Å². The van der Waals surface area contributed by atoms with E-state index in [-0.39, 0.29) is 12.5 Å². The number of hydrogen-bond acceptors (Lipinski definition) is 5. The molecule has 0 fully saturated rings. The van der Waals surface area contributed by atoms with Gasteiger partial charge in [0, 0.05) is 28.5 Å². The van der Waals surface area contributed by atoms with Gasteiger partial charge in [-0.15, -0.1) is 0 Å². The molecular formula is C18H20N2O4. The summed E-state index contributed by atoms with van der Waals surface area (Å²) < 4.78 is 15.6. The van der Waals surface area contributed by atoms with E-state index in [0.717, 1.165) is 32.9 Å². The number of fused-ring (bicyclic) bond motifs is 3. The Kier molecular flexibility index (Phi) is 4.66. The second kappa shape index (κ2) is 6.88. The molecule has 126 valence electrons. The van der Waals surface area contributed by atoms with Gasteiger partial charge in [-0.05, 0) is 32.4 Å². The van der Waals surface area contributed by atoms with E-state index in [2.05, 4.69) is 9.97 Å². The fourth-order valence-corrected chi connectivity index (χ4v) is 2.82. The Morgan fingerprint density at radius 3 is 2.75 bits per heavy atom. The molecule has 0 aliphatic rings. The van der Waals surface area contributed by atoms with Gasteiger partial charge in [0.15, 0.2) is 0 Å². The SMILES string of the molecule is CCOCc1cccc2[nH]c3cnc(OC(=O)OCC)c(C)c3c12. The number of aryl methyl sites for hydroxylation is 1. The zero-order valence-corrected chi connectivity index (χ0v) is 14.0. The van der Waals surface area contributed by atoms with Crippen molar-refractivity contribution in [1.82, 2.24) is 9.97 Å². The number of rotatable bonds is 5. The van der Waals surface area contributed by atoms with Crippen molar-refractivity contribution in [3.63, 3.8) is 0 Å². The van der Waals surface area contributed by atoms with Crippen molar-refractivity contribution in [3.8, 4) is 5.88 Å². The van der Waals surface area contributed by atoms with Crippen LogP contribution in [0.2, 0.25) is 0 Å². The van der Waals surface area contributed by atoms with Crippen LogP contribution < -0.4 is 4.74 Å². The van der Waals surface area contributed by atoms with Crippen LogP contribution in [-0.4, -0.2) is 29.3 Å². The largest absolute Gasteiger partial charge is 0.515 e. The van der Waals surface area contributed by atoms with Crippen LogP contribution in [0.25, 0.3) is 21.8 Å². The topological polar surface area (TPSA) is 73.4 Å². The number of carbonyl (C=O) groups excluding carboxylic acids is 1. The third kappa shape index (κ3) is 2.92. The second-order valence-corrected chi connectivity index (χ2v) is 5.36. The maximum atomic E-state index is 11.6. The number of carbonyl (C=O) groups is 1. The van der Waals surface area contributed by atoms with Crippen molar-refractivity contribution < 1.29 is 19.0 Å². The van der Waals surface area contributed by atoms with E-state index in [1.165, 1.54) is 0 Å². The number of hydrogen-bond donors (Lipinski definition) is 1. The summed E-state index contributed by atoms with van der Waals surface area (Å²) in [6, 6.07) is 6.04. The van der Waals surface area contributed by atoms with E-state index in [0.29, 0.717) is 13.2 Å². The van der Waals surface area contributed by atoms with E-state index in [4.69, 9.17) is 14.2 Å². The predicted molar refractivity (Wildman–Crippen MR) is 91.3 cm³/mol. The number of nitrogens with one attached hydrogen (secondary N) is 1. The maximum Gasteiger partial charge on any atom is 0.515 e. The molecule has 24 heavy (non-hydrogen) atoms. The van der Waals surface area contributed by atoms with Crippen LogP contribution in [-0.2, 0) is 16.1 Å². The Labute approximate surface area is 139 Å². The van der Waals surface area contributed by atoms with Crippen molar-refractivity contribution in [3.05, 3.63) is 35.5 Å². The first-order valence-electron chi connectivity index (χ1n) is 7.96. The van der Waals surface area contributed by atoms with Crippen molar-refractivity contribution in [2.45, 2.75) is 27.4 Å². The van der Waals surface area contributed by atoms with Gasteiger partial charge in [-0.2, -0.15) is 0 Å². The molecule has 1 N–H and O–H groups in total. The van der Waals surface area contributed by atoms with Gasteiger partial charge in [0.05, 0.1) is 24.9 Å². The molecule has 3 rings (SSSR count). The van der Waals surface area contributed by atoms with Crippen LogP contribution in [0.1, 0.15) is 25.0 Å². The third-order valence-electron chi connectivity index (χ3n) is 3.85. The lowest BCUT2D eigenvalue weighted by Crippen LogP contribution is -2.11. The summed E-state index contributed by atoms with van der Waals surface area (Å²) in [7, 11) is 0. The van der Waals surface area contributed by atoms with E-state index >= 15 is 0 Å². The smallest absolute Gasteiger partial charge is 0.434 e. The average molecular weight is 328 g/mol. The van der Waals surface area contributed by atoms with Gasteiger partial charge in [-0.25, -0.2) is 9.78 Å². The first-order chi connectivity index (χ1) is 11.7. The third-order valence-corrected chi connectivity index (χ3v) is 3.85. The van der Waals surface area contributed by atoms with E-state index in [1.54, 1.807) is 13.1 Å². The average Bonchev–Trinajstić information content (AvgIpc) is 2.95. The summed E-state index contributed by atoms with van der Waals surface area (Å²) in [4.78, 5) is 19.2. The normalized spacial score (nSPS) is 11.1.